The molecule has 0 aromatic carbocycles. The summed E-state index contributed by atoms with van der Waals surface area (Å²) in [5.41, 5.74) is 0. The Labute approximate surface area is 380 Å². The summed E-state index contributed by atoms with van der Waals surface area (Å²) >= 11 is 0. The Morgan fingerprint density at radius 3 is 1.18 bits per heavy atom. The standard InChI is InChI=1S/C55H105NO5/c1-3-5-7-9-11-13-15-17-19-20-21-23-27-31-35-39-43-47-53(58)52(51-57)56-54(59)48-44-40-36-32-28-24-22-26-30-34-38-42-46-50-61-55(60)49-45-41-37-33-29-25-18-16-14-12-10-8-6-4-2/h24,28,43,47,52-53,57-58H,3-23,25-27,29-42,44-46,48-51H2,1-2H3,(H,56,59)/b28-24-,47-43+. The number of carbonyl (C=O) groups excluding carboxylic acids is 2. The monoisotopic (exact) mass is 860 g/mol. The molecule has 2 unspecified atom stereocenters. The summed E-state index contributed by atoms with van der Waals surface area (Å²) in [4.78, 5) is 24.5. The number of aliphatic hydroxyl groups excluding tert-OH is 2. The zero-order chi connectivity index (χ0) is 44.4. The van der Waals surface area contributed by atoms with E-state index in [0.29, 0.717) is 19.4 Å². The van der Waals surface area contributed by atoms with Crippen molar-refractivity contribution in [2.24, 2.45) is 0 Å². The van der Waals surface area contributed by atoms with Crippen LogP contribution in [-0.4, -0.2) is 47.4 Å². The summed E-state index contributed by atoms with van der Waals surface area (Å²) in [6, 6.07) is -0.647. The molecule has 0 aliphatic rings. The fourth-order valence-corrected chi connectivity index (χ4v) is 8.27. The van der Waals surface area contributed by atoms with E-state index in [1.165, 1.54) is 193 Å². The van der Waals surface area contributed by atoms with Crippen LogP contribution in [0.15, 0.2) is 24.3 Å². The maximum atomic E-state index is 12.4. The molecule has 360 valence electrons. The van der Waals surface area contributed by atoms with E-state index in [-0.39, 0.29) is 18.5 Å². The van der Waals surface area contributed by atoms with Gasteiger partial charge in [-0.1, -0.05) is 244 Å². The lowest BCUT2D eigenvalue weighted by atomic mass is 10.0. The van der Waals surface area contributed by atoms with E-state index in [9.17, 15) is 19.8 Å². The lowest BCUT2D eigenvalue weighted by Gasteiger charge is -2.19. The molecule has 0 rings (SSSR count). The second-order valence-electron chi connectivity index (χ2n) is 18.6. The zero-order valence-corrected chi connectivity index (χ0v) is 40.9. The van der Waals surface area contributed by atoms with Gasteiger partial charge in [0.05, 0.1) is 25.4 Å². The highest BCUT2D eigenvalue weighted by molar-refractivity contribution is 5.76. The number of rotatable bonds is 50. The van der Waals surface area contributed by atoms with Crippen molar-refractivity contribution in [3.05, 3.63) is 24.3 Å². The highest BCUT2D eigenvalue weighted by atomic mass is 16.5. The highest BCUT2D eigenvalue weighted by Gasteiger charge is 2.18. The average molecular weight is 860 g/mol. The maximum Gasteiger partial charge on any atom is 0.305 e. The Hall–Kier alpha value is -1.66. The van der Waals surface area contributed by atoms with Crippen molar-refractivity contribution in [1.29, 1.82) is 0 Å². The van der Waals surface area contributed by atoms with Gasteiger partial charge in [-0.2, -0.15) is 0 Å². The van der Waals surface area contributed by atoms with Crippen LogP contribution in [0.2, 0.25) is 0 Å². The van der Waals surface area contributed by atoms with Crippen LogP contribution in [0, 0.1) is 0 Å². The first-order valence-electron chi connectivity index (χ1n) is 27.1. The number of esters is 1. The molecule has 0 aliphatic heterocycles. The van der Waals surface area contributed by atoms with Crippen LogP contribution >= 0.6 is 0 Å². The number of nitrogens with one attached hydrogen (secondary N) is 1. The van der Waals surface area contributed by atoms with Gasteiger partial charge in [-0.05, 0) is 57.8 Å². The summed E-state index contributed by atoms with van der Waals surface area (Å²) in [6.45, 7) is 4.87. The molecule has 0 saturated carbocycles. The smallest absolute Gasteiger partial charge is 0.305 e. The van der Waals surface area contributed by atoms with Gasteiger partial charge in [0, 0.05) is 12.8 Å². The van der Waals surface area contributed by atoms with E-state index in [0.717, 1.165) is 70.6 Å². The molecule has 0 spiro atoms. The second kappa shape index (κ2) is 51.0. The maximum absolute atomic E-state index is 12.4. The Balaban J connectivity index is 3.53. The fourth-order valence-electron chi connectivity index (χ4n) is 8.27. The van der Waals surface area contributed by atoms with Crippen molar-refractivity contribution in [2.45, 2.75) is 302 Å². The minimum Gasteiger partial charge on any atom is -0.466 e. The summed E-state index contributed by atoms with van der Waals surface area (Å²) in [7, 11) is 0. The normalized spacial score (nSPS) is 12.8. The third kappa shape index (κ3) is 47.7. The first-order chi connectivity index (χ1) is 30.0. The lowest BCUT2D eigenvalue weighted by molar-refractivity contribution is -0.143. The third-order valence-corrected chi connectivity index (χ3v) is 12.5. The summed E-state index contributed by atoms with van der Waals surface area (Å²) < 4.78 is 5.46. The van der Waals surface area contributed by atoms with Crippen LogP contribution in [0.4, 0.5) is 0 Å². The van der Waals surface area contributed by atoms with Gasteiger partial charge in [0.2, 0.25) is 5.91 Å². The molecule has 0 saturated heterocycles. The van der Waals surface area contributed by atoms with Gasteiger partial charge in [-0.3, -0.25) is 9.59 Å². The molecule has 2 atom stereocenters. The van der Waals surface area contributed by atoms with Crippen molar-refractivity contribution < 1.29 is 24.5 Å². The van der Waals surface area contributed by atoms with Crippen LogP contribution in [0.5, 0.6) is 0 Å². The lowest BCUT2D eigenvalue weighted by Crippen LogP contribution is -2.45. The number of ether oxygens (including phenoxy) is 1. The van der Waals surface area contributed by atoms with Gasteiger partial charge in [0.25, 0.3) is 0 Å². The number of aliphatic hydroxyl groups is 2. The summed E-state index contributed by atoms with van der Waals surface area (Å²) in [5.74, 6) is -0.108. The first-order valence-corrected chi connectivity index (χ1v) is 27.1. The van der Waals surface area contributed by atoms with Gasteiger partial charge in [0.15, 0.2) is 0 Å². The van der Waals surface area contributed by atoms with E-state index in [4.69, 9.17) is 4.74 Å². The van der Waals surface area contributed by atoms with Gasteiger partial charge in [-0.15, -0.1) is 0 Å². The minimum absolute atomic E-state index is 0.0117. The average Bonchev–Trinajstić information content (AvgIpc) is 3.26. The molecule has 6 heteroatoms. The third-order valence-electron chi connectivity index (χ3n) is 12.5. The van der Waals surface area contributed by atoms with E-state index >= 15 is 0 Å². The van der Waals surface area contributed by atoms with Gasteiger partial charge >= 0.3 is 5.97 Å². The van der Waals surface area contributed by atoms with Crippen molar-refractivity contribution >= 4 is 11.9 Å². The molecule has 0 radical (unpaired) electrons. The van der Waals surface area contributed by atoms with E-state index in [2.05, 4.69) is 31.3 Å². The molecule has 61 heavy (non-hydrogen) atoms. The van der Waals surface area contributed by atoms with Crippen molar-refractivity contribution in [3.63, 3.8) is 0 Å². The Bertz CT molecular complexity index is 951. The molecule has 0 aliphatic carbocycles. The van der Waals surface area contributed by atoms with E-state index in [1.807, 2.05) is 6.08 Å². The quantitative estimate of drug-likeness (QED) is 0.0322. The van der Waals surface area contributed by atoms with Gasteiger partial charge in [-0.25, -0.2) is 0 Å². The van der Waals surface area contributed by atoms with Crippen LogP contribution < -0.4 is 5.32 Å². The minimum atomic E-state index is -0.861. The zero-order valence-electron chi connectivity index (χ0n) is 40.9. The number of hydrogen-bond acceptors (Lipinski definition) is 5. The van der Waals surface area contributed by atoms with Crippen molar-refractivity contribution in [1.82, 2.24) is 5.32 Å². The molecule has 1 amide bonds. The van der Waals surface area contributed by atoms with E-state index < -0.39 is 12.1 Å². The first kappa shape index (κ1) is 59.3. The largest absolute Gasteiger partial charge is 0.466 e. The van der Waals surface area contributed by atoms with Crippen LogP contribution in [-0.2, 0) is 14.3 Å². The summed E-state index contributed by atoms with van der Waals surface area (Å²) in [5, 5.41) is 23.1. The number of hydrogen-bond donors (Lipinski definition) is 3. The molecular formula is C55H105NO5. The fraction of sp³-hybridized carbons (Fsp3) is 0.891. The highest BCUT2D eigenvalue weighted by Crippen LogP contribution is 2.16. The molecule has 0 aromatic rings. The van der Waals surface area contributed by atoms with Gasteiger partial charge in [0.1, 0.15) is 0 Å². The summed E-state index contributed by atoms with van der Waals surface area (Å²) in [6.07, 6.45) is 60.4. The van der Waals surface area contributed by atoms with E-state index in [1.54, 1.807) is 6.08 Å². The molecule has 0 heterocycles. The van der Waals surface area contributed by atoms with Crippen LogP contribution in [0.1, 0.15) is 290 Å². The number of carbonyl (C=O) groups is 2. The Kier molecular flexibility index (Phi) is 49.6. The molecular weight excluding hydrogens is 755 g/mol. The molecule has 0 fully saturated rings. The Morgan fingerprint density at radius 1 is 0.443 bits per heavy atom. The SMILES string of the molecule is CCCCCCCCCCCCCCCCC/C=C/C(O)C(CO)NC(=O)CCCCC/C=C\CCCCCCCCOC(=O)CCCCCCCCCCCCCCCC. The Morgan fingerprint density at radius 2 is 0.770 bits per heavy atom. The predicted octanol–water partition coefficient (Wildman–Crippen LogP) is 16.3. The van der Waals surface area contributed by atoms with Crippen LogP contribution in [0.3, 0.4) is 0 Å². The molecule has 0 bridgehead atoms. The van der Waals surface area contributed by atoms with Crippen molar-refractivity contribution in [3.8, 4) is 0 Å². The second-order valence-corrected chi connectivity index (χ2v) is 18.6. The topological polar surface area (TPSA) is 95.9 Å². The number of unbranched alkanes of at least 4 members (excludes halogenated alkanes) is 37. The number of amides is 1. The van der Waals surface area contributed by atoms with Crippen molar-refractivity contribution in [2.75, 3.05) is 13.2 Å². The predicted molar refractivity (Wildman–Crippen MR) is 264 cm³/mol. The molecule has 6 nitrogen and oxygen atoms in total. The molecule has 3 N–H and O–H groups in total. The van der Waals surface area contributed by atoms with Gasteiger partial charge < -0.3 is 20.3 Å². The molecule has 0 aromatic heterocycles. The number of allylic oxidation sites excluding steroid dienone is 3. The van der Waals surface area contributed by atoms with Crippen LogP contribution in [0.25, 0.3) is 0 Å².